The van der Waals surface area contributed by atoms with Gasteiger partial charge in [0.25, 0.3) is 0 Å². The van der Waals surface area contributed by atoms with Gasteiger partial charge < -0.3 is 5.11 Å². The van der Waals surface area contributed by atoms with Gasteiger partial charge in [-0.05, 0) is 90.8 Å². The number of rotatable bonds is 5. The highest BCUT2D eigenvalue weighted by Crippen LogP contribution is 2.72. The maximum absolute atomic E-state index is 12.6. The van der Waals surface area contributed by atoms with Gasteiger partial charge in [-0.1, -0.05) is 61.8 Å². The molecule has 6 atom stereocenters. The summed E-state index contributed by atoms with van der Waals surface area (Å²) in [5, 5.41) is 10.4. The molecule has 3 aliphatic rings. The quantitative estimate of drug-likeness (QED) is 0.530. The fraction of sp³-hybridized carbons (Fsp3) is 0.962. The Morgan fingerprint density at radius 3 is 2.25 bits per heavy atom. The van der Waals surface area contributed by atoms with Crippen molar-refractivity contribution < 1.29 is 9.90 Å². The third-order valence-corrected chi connectivity index (χ3v) is 10.6. The van der Waals surface area contributed by atoms with Gasteiger partial charge in [0.1, 0.15) is 0 Å². The first kappa shape index (κ1) is 22.2. The van der Waals surface area contributed by atoms with Crippen molar-refractivity contribution >= 4 is 5.97 Å². The van der Waals surface area contributed by atoms with Crippen molar-refractivity contribution in [2.45, 2.75) is 107 Å². The lowest BCUT2D eigenvalue weighted by Crippen LogP contribution is -2.61. The van der Waals surface area contributed by atoms with Crippen molar-refractivity contribution in [3.05, 3.63) is 0 Å². The Labute approximate surface area is 174 Å². The molecule has 2 nitrogen and oxygen atoms in total. The van der Waals surface area contributed by atoms with Crippen LogP contribution in [-0.2, 0) is 4.79 Å². The summed E-state index contributed by atoms with van der Waals surface area (Å²) in [5.74, 6) is 2.34. The SMILES string of the molecule is CCCC(C)(C)C1CCC2C3C(C(C)C)CCC3(C(=O)O)CCC2(C)C1(C)C. The summed E-state index contributed by atoms with van der Waals surface area (Å²) in [7, 11) is 0. The Morgan fingerprint density at radius 2 is 1.71 bits per heavy atom. The number of carbonyl (C=O) groups is 1. The highest BCUT2D eigenvalue weighted by molar-refractivity contribution is 5.76. The molecule has 3 fully saturated rings. The van der Waals surface area contributed by atoms with Gasteiger partial charge in [0.15, 0.2) is 0 Å². The molecule has 162 valence electrons. The van der Waals surface area contributed by atoms with Gasteiger partial charge in [-0.15, -0.1) is 0 Å². The predicted octanol–water partition coefficient (Wildman–Crippen LogP) is 7.42. The minimum Gasteiger partial charge on any atom is -0.481 e. The molecule has 0 saturated heterocycles. The first-order valence-electron chi connectivity index (χ1n) is 12.1. The second-order valence-electron chi connectivity index (χ2n) is 12.5. The third kappa shape index (κ3) is 2.90. The summed E-state index contributed by atoms with van der Waals surface area (Å²) >= 11 is 0. The molecule has 0 heterocycles. The summed E-state index contributed by atoms with van der Waals surface area (Å²) < 4.78 is 0. The van der Waals surface area contributed by atoms with Crippen LogP contribution < -0.4 is 0 Å². The Bertz CT molecular complexity index is 604. The van der Waals surface area contributed by atoms with Crippen molar-refractivity contribution in [1.29, 1.82) is 0 Å². The fourth-order valence-electron chi connectivity index (χ4n) is 8.91. The highest BCUT2D eigenvalue weighted by atomic mass is 16.4. The lowest BCUT2D eigenvalue weighted by atomic mass is 9.38. The molecular formula is C26H46O2. The van der Waals surface area contributed by atoms with Crippen molar-refractivity contribution in [3.8, 4) is 0 Å². The average Bonchev–Trinajstić information content (AvgIpc) is 2.97. The molecule has 0 amide bonds. The number of hydrogen-bond donors (Lipinski definition) is 1. The summed E-state index contributed by atoms with van der Waals surface area (Å²) in [6, 6.07) is 0. The van der Waals surface area contributed by atoms with Crippen molar-refractivity contribution in [2.75, 3.05) is 0 Å². The molecule has 0 bridgehead atoms. The normalized spacial score (nSPS) is 42.9. The maximum atomic E-state index is 12.6. The molecule has 3 rings (SSSR count). The summed E-state index contributed by atoms with van der Waals surface area (Å²) in [6.45, 7) is 19.6. The smallest absolute Gasteiger partial charge is 0.309 e. The van der Waals surface area contributed by atoms with E-state index < -0.39 is 11.4 Å². The van der Waals surface area contributed by atoms with Crippen LogP contribution in [0.15, 0.2) is 0 Å². The lowest BCUT2D eigenvalue weighted by Gasteiger charge is -2.66. The molecule has 3 saturated carbocycles. The average molecular weight is 391 g/mol. The van der Waals surface area contributed by atoms with Crippen LogP contribution in [0.4, 0.5) is 0 Å². The first-order valence-corrected chi connectivity index (χ1v) is 12.1. The van der Waals surface area contributed by atoms with Gasteiger partial charge in [0.2, 0.25) is 0 Å². The third-order valence-electron chi connectivity index (χ3n) is 10.6. The second kappa shape index (κ2) is 7.02. The minimum atomic E-state index is -0.492. The van der Waals surface area contributed by atoms with Crippen LogP contribution in [0.3, 0.4) is 0 Å². The molecule has 6 unspecified atom stereocenters. The molecule has 3 aliphatic carbocycles. The zero-order valence-corrected chi connectivity index (χ0v) is 19.9. The number of carboxylic acids is 1. The largest absolute Gasteiger partial charge is 0.481 e. The van der Waals surface area contributed by atoms with E-state index in [2.05, 4.69) is 55.4 Å². The Morgan fingerprint density at radius 1 is 1.07 bits per heavy atom. The number of carboxylic acid groups (broad SMARTS) is 1. The second-order valence-corrected chi connectivity index (χ2v) is 12.5. The molecule has 0 spiro atoms. The van der Waals surface area contributed by atoms with Crippen molar-refractivity contribution in [1.82, 2.24) is 0 Å². The van der Waals surface area contributed by atoms with E-state index in [0.717, 1.165) is 31.6 Å². The molecule has 2 heteroatoms. The summed E-state index contributed by atoms with van der Waals surface area (Å²) in [6.07, 6.45) is 9.07. The van der Waals surface area contributed by atoms with Gasteiger partial charge >= 0.3 is 5.97 Å². The monoisotopic (exact) mass is 390 g/mol. The Kier molecular flexibility index (Phi) is 5.55. The first-order chi connectivity index (χ1) is 12.8. The zero-order valence-electron chi connectivity index (χ0n) is 19.9. The van der Waals surface area contributed by atoms with Crippen LogP contribution in [0.1, 0.15) is 107 Å². The molecule has 0 aromatic rings. The van der Waals surface area contributed by atoms with E-state index in [0.29, 0.717) is 29.1 Å². The van der Waals surface area contributed by atoms with Crippen molar-refractivity contribution in [2.24, 2.45) is 51.2 Å². The van der Waals surface area contributed by atoms with Crippen molar-refractivity contribution in [3.63, 3.8) is 0 Å². The van der Waals surface area contributed by atoms with E-state index in [9.17, 15) is 9.90 Å². The van der Waals surface area contributed by atoms with Crippen LogP contribution in [-0.4, -0.2) is 11.1 Å². The molecule has 0 aliphatic heterocycles. The molecule has 28 heavy (non-hydrogen) atoms. The Balaban J connectivity index is 2.03. The lowest BCUT2D eigenvalue weighted by molar-refractivity contribution is -0.195. The van der Waals surface area contributed by atoms with Gasteiger partial charge in [0.05, 0.1) is 5.41 Å². The van der Waals surface area contributed by atoms with Crippen LogP contribution in [0.25, 0.3) is 0 Å². The highest BCUT2D eigenvalue weighted by Gasteiger charge is 2.68. The summed E-state index contributed by atoms with van der Waals surface area (Å²) in [5.41, 5.74) is 0.424. The molecule has 0 radical (unpaired) electrons. The minimum absolute atomic E-state index is 0.252. The van der Waals surface area contributed by atoms with E-state index in [-0.39, 0.29) is 10.8 Å². The van der Waals surface area contributed by atoms with Gasteiger partial charge in [-0.2, -0.15) is 0 Å². The molecule has 1 N–H and O–H groups in total. The standard InChI is InChI=1S/C26H46O2/c1-9-13-23(4,5)20-11-10-19-21-18(17(2)3)12-14-26(21,22(27)28)16-15-25(19,8)24(20,6)7/h17-21H,9-16H2,1-8H3,(H,27,28). The summed E-state index contributed by atoms with van der Waals surface area (Å²) in [4.78, 5) is 12.6. The molecule has 0 aromatic carbocycles. The van der Waals surface area contributed by atoms with Gasteiger partial charge in [-0.25, -0.2) is 0 Å². The van der Waals surface area contributed by atoms with Gasteiger partial charge in [0, 0.05) is 0 Å². The van der Waals surface area contributed by atoms with Crippen LogP contribution in [0, 0.1) is 51.2 Å². The van der Waals surface area contributed by atoms with Gasteiger partial charge in [-0.3, -0.25) is 4.79 Å². The Hall–Kier alpha value is -0.530. The van der Waals surface area contributed by atoms with E-state index in [1.165, 1.54) is 25.7 Å². The van der Waals surface area contributed by atoms with Crippen LogP contribution in [0.2, 0.25) is 0 Å². The topological polar surface area (TPSA) is 37.3 Å². The van der Waals surface area contributed by atoms with E-state index in [4.69, 9.17) is 0 Å². The van der Waals surface area contributed by atoms with E-state index in [1.54, 1.807) is 0 Å². The number of aliphatic carboxylic acids is 1. The zero-order chi connectivity index (χ0) is 21.1. The molecular weight excluding hydrogens is 344 g/mol. The fourth-order valence-corrected chi connectivity index (χ4v) is 8.91. The van der Waals surface area contributed by atoms with E-state index >= 15 is 0 Å². The predicted molar refractivity (Wildman–Crippen MR) is 117 cm³/mol. The van der Waals surface area contributed by atoms with Crippen LogP contribution >= 0.6 is 0 Å². The molecule has 0 aromatic heterocycles. The number of hydrogen-bond acceptors (Lipinski definition) is 1. The number of fused-ring (bicyclic) bond motifs is 3. The van der Waals surface area contributed by atoms with Crippen LogP contribution in [0.5, 0.6) is 0 Å². The van der Waals surface area contributed by atoms with E-state index in [1.807, 2.05) is 0 Å². The maximum Gasteiger partial charge on any atom is 0.309 e.